The fourth-order valence-electron chi connectivity index (χ4n) is 1.93. The van der Waals surface area contributed by atoms with E-state index < -0.39 is 24.3 Å². The molecule has 3 amide bonds. The molecule has 0 unspecified atom stereocenters. The van der Waals surface area contributed by atoms with Crippen molar-refractivity contribution in [3.05, 3.63) is 52.5 Å². The average molecular weight is 396 g/mol. The average Bonchev–Trinajstić information content (AvgIpc) is 2.61. The van der Waals surface area contributed by atoms with Crippen LogP contribution >= 0.6 is 23.2 Å². The number of anilines is 2. The molecule has 9 heteroatoms. The van der Waals surface area contributed by atoms with E-state index >= 15 is 0 Å². The fourth-order valence-corrected chi connectivity index (χ4v) is 2.23. The smallest absolute Gasteiger partial charge is 0.313 e. The summed E-state index contributed by atoms with van der Waals surface area (Å²) in [6.07, 6.45) is 0. The van der Waals surface area contributed by atoms with E-state index in [4.69, 9.17) is 27.9 Å². The van der Waals surface area contributed by atoms with E-state index in [1.165, 1.54) is 13.2 Å². The van der Waals surface area contributed by atoms with Crippen molar-refractivity contribution in [3.63, 3.8) is 0 Å². The minimum Gasteiger partial charge on any atom is -0.495 e. The molecule has 26 heavy (non-hydrogen) atoms. The van der Waals surface area contributed by atoms with Gasteiger partial charge in [0, 0.05) is 15.7 Å². The normalized spacial score (nSPS) is 9.96. The van der Waals surface area contributed by atoms with Gasteiger partial charge in [0.1, 0.15) is 5.75 Å². The minimum atomic E-state index is -0.951. The van der Waals surface area contributed by atoms with Crippen molar-refractivity contribution in [3.8, 4) is 5.75 Å². The third kappa shape index (κ3) is 5.65. The first kappa shape index (κ1) is 19.6. The molecule has 0 aliphatic carbocycles. The van der Waals surface area contributed by atoms with Gasteiger partial charge in [-0.15, -0.1) is 0 Å². The topological polar surface area (TPSA) is 96.5 Å². The Hall–Kier alpha value is -2.77. The number of hydrogen-bond acceptors (Lipinski definition) is 4. The number of hydrogen-bond donors (Lipinski definition) is 3. The minimum absolute atomic E-state index is 0.352. The standard InChI is InChI=1S/C17H15Cl2N3O4/c1-26-14-7-4-11(19)8-13(14)22-15(23)9-20-16(24)17(25)21-12-5-2-10(18)3-6-12/h2-8H,9H2,1H3,(H,20,24)(H,21,25)(H,22,23). The summed E-state index contributed by atoms with van der Waals surface area (Å²) in [5.41, 5.74) is 0.757. The van der Waals surface area contributed by atoms with E-state index in [1.807, 2.05) is 0 Å². The highest BCUT2D eigenvalue weighted by molar-refractivity contribution is 6.40. The Morgan fingerprint density at radius 1 is 0.923 bits per heavy atom. The first-order valence-electron chi connectivity index (χ1n) is 7.37. The number of nitrogens with one attached hydrogen (secondary N) is 3. The Kier molecular flexibility index (Phi) is 6.82. The number of ether oxygens (including phenoxy) is 1. The van der Waals surface area contributed by atoms with Crippen molar-refractivity contribution >= 4 is 52.3 Å². The molecule has 0 atom stereocenters. The number of rotatable bonds is 5. The molecule has 0 aliphatic rings. The van der Waals surface area contributed by atoms with Crippen LogP contribution in [-0.4, -0.2) is 31.4 Å². The summed E-state index contributed by atoms with van der Waals surface area (Å²) in [6.45, 7) is -0.400. The number of carbonyl (C=O) groups is 3. The Balaban J connectivity index is 1.86. The van der Waals surface area contributed by atoms with E-state index in [9.17, 15) is 14.4 Å². The lowest BCUT2D eigenvalue weighted by Crippen LogP contribution is -2.39. The van der Waals surface area contributed by atoms with Crippen molar-refractivity contribution in [2.75, 3.05) is 24.3 Å². The molecule has 136 valence electrons. The van der Waals surface area contributed by atoms with Crippen LogP contribution in [0.25, 0.3) is 0 Å². The van der Waals surface area contributed by atoms with E-state index in [0.29, 0.717) is 27.2 Å². The van der Waals surface area contributed by atoms with Crippen LogP contribution in [0.4, 0.5) is 11.4 Å². The molecule has 3 N–H and O–H groups in total. The summed E-state index contributed by atoms with van der Waals surface area (Å²) in [5, 5.41) is 8.07. The van der Waals surface area contributed by atoms with Gasteiger partial charge < -0.3 is 20.7 Å². The molecule has 7 nitrogen and oxygen atoms in total. The van der Waals surface area contributed by atoms with Gasteiger partial charge in [0.15, 0.2) is 0 Å². The molecule has 0 aliphatic heterocycles. The molecule has 0 saturated heterocycles. The van der Waals surface area contributed by atoms with Crippen LogP contribution in [0.3, 0.4) is 0 Å². The summed E-state index contributed by atoms with van der Waals surface area (Å²) in [6, 6.07) is 10.9. The van der Waals surface area contributed by atoms with Crippen molar-refractivity contribution in [2.45, 2.75) is 0 Å². The van der Waals surface area contributed by atoms with Crippen LogP contribution in [0.5, 0.6) is 5.75 Å². The van der Waals surface area contributed by atoms with Crippen LogP contribution < -0.4 is 20.7 Å². The van der Waals surface area contributed by atoms with Gasteiger partial charge in [-0.3, -0.25) is 14.4 Å². The van der Waals surface area contributed by atoms with Crippen LogP contribution in [0.2, 0.25) is 10.0 Å². The van der Waals surface area contributed by atoms with Gasteiger partial charge >= 0.3 is 11.8 Å². The maximum Gasteiger partial charge on any atom is 0.313 e. The van der Waals surface area contributed by atoms with Gasteiger partial charge in [-0.25, -0.2) is 0 Å². The zero-order valence-corrected chi connectivity index (χ0v) is 15.1. The lowest BCUT2D eigenvalue weighted by Gasteiger charge is -2.11. The molecule has 2 rings (SSSR count). The fraction of sp³-hybridized carbons (Fsp3) is 0.118. The number of halogens is 2. The summed E-state index contributed by atoms with van der Waals surface area (Å²) in [4.78, 5) is 35.5. The Morgan fingerprint density at radius 2 is 1.58 bits per heavy atom. The molecule has 0 spiro atoms. The van der Waals surface area contributed by atoms with E-state index in [0.717, 1.165) is 0 Å². The maximum atomic E-state index is 11.9. The lowest BCUT2D eigenvalue weighted by atomic mass is 10.3. The molecule has 0 heterocycles. The van der Waals surface area contributed by atoms with Gasteiger partial charge in [0.05, 0.1) is 19.3 Å². The van der Waals surface area contributed by atoms with Gasteiger partial charge in [-0.05, 0) is 42.5 Å². The molecule has 0 bridgehead atoms. The second-order valence-corrected chi connectivity index (χ2v) is 5.91. The lowest BCUT2D eigenvalue weighted by molar-refractivity contribution is -0.136. The third-order valence-electron chi connectivity index (χ3n) is 3.15. The van der Waals surface area contributed by atoms with E-state index in [2.05, 4.69) is 16.0 Å². The van der Waals surface area contributed by atoms with Crippen molar-refractivity contribution < 1.29 is 19.1 Å². The maximum absolute atomic E-state index is 11.9. The zero-order chi connectivity index (χ0) is 19.1. The SMILES string of the molecule is COc1ccc(Cl)cc1NC(=O)CNC(=O)C(=O)Nc1ccc(Cl)cc1. The summed E-state index contributed by atoms with van der Waals surface area (Å²) in [5.74, 6) is -1.98. The Morgan fingerprint density at radius 3 is 2.23 bits per heavy atom. The summed E-state index contributed by atoms with van der Waals surface area (Å²) < 4.78 is 5.11. The quantitative estimate of drug-likeness (QED) is 0.678. The second-order valence-electron chi connectivity index (χ2n) is 5.04. The van der Waals surface area contributed by atoms with Crippen molar-refractivity contribution in [1.82, 2.24) is 5.32 Å². The first-order valence-corrected chi connectivity index (χ1v) is 8.13. The van der Waals surface area contributed by atoms with Crippen LogP contribution in [0, 0.1) is 0 Å². The van der Waals surface area contributed by atoms with Gasteiger partial charge in [0.25, 0.3) is 0 Å². The summed E-state index contributed by atoms with van der Waals surface area (Å²) in [7, 11) is 1.45. The van der Waals surface area contributed by atoms with Crippen LogP contribution in [-0.2, 0) is 14.4 Å². The van der Waals surface area contributed by atoms with Gasteiger partial charge in [-0.1, -0.05) is 23.2 Å². The van der Waals surface area contributed by atoms with Gasteiger partial charge in [0.2, 0.25) is 5.91 Å². The number of amides is 3. The Bertz CT molecular complexity index is 825. The van der Waals surface area contributed by atoms with Crippen LogP contribution in [0.1, 0.15) is 0 Å². The predicted molar refractivity (Wildman–Crippen MR) is 99.7 cm³/mol. The molecule has 2 aromatic carbocycles. The zero-order valence-electron chi connectivity index (χ0n) is 13.6. The van der Waals surface area contributed by atoms with Crippen molar-refractivity contribution in [1.29, 1.82) is 0 Å². The highest BCUT2D eigenvalue weighted by Crippen LogP contribution is 2.27. The number of benzene rings is 2. The Labute approximate surface area is 159 Å². The predicted octanol–water partition coefficient (Wildman–Crippen LogP) is 2.70. The number of carbonyl (C=O) groups excluding carboxylic acids is 3. The second kappa shape index (κ2) is 9.07. The molecule has 0 aromatic heterocycles. The van der Waals surface area contributed by atoms with Crippen molar-refractivity contribution in [2.24, 2.45) is 0 Å². The largest absolute Gasteiger partial charge is 0.495 e. The van der Waals surface area contributed by atoms with Gasteiger partial charge in [-0.2, -0.15) is 0 Å². The molecule has 0 radical (unpaired) electrons. The highest BCUT2D eigenvalue weighted by Gasteiger charge is 2.15. The van der Waals surface area contributed by atoms with Crippen LogP contribution in [0.15, 0.2) is 42.5 Å². The van der Waals surface area contributed by atoms with E-state index in [1.54, 1.807) is 36.4 Å². The molecule has 2 aromatic rings. The third-order valence-corrected chi connectivity index (χ3v) is 3.64. The molecular weight excluding hydrogens is 381 g/mol. The molecular formula is C17H15Cl2N3O4. The monoisotopic (exact) mass is 395 g/mol. The summed E-state index contributed by atoms with van der Waals surface area (Å²) >= 11 is 11.6. The number of methoxy groups -OCH3 is 1. The molecule has 0 saturated carbocycles. The first-order chi connectivity index (χ1) is 12.4. The van der Waals surface area contributed by atoms with E-state index in [-0.39, 0.29) is 0 Å². The highest BCUT2D eigenvalue weighted by atomic mass is 35.5. The molecule has 0 fully saturated rings.